The van der Waals surface area contributed by atoms with Crippen LogP contribution in [0.3, 0.4) is 0 Å². The summed E-state index contributed by atoms with van der Waals surface area (Å²) in [7, 11) is 1.18. The van der Waals surface area contributed by atoms with Gasteiger partial charge >= 0.3 is 12.6 Å². The number of hydrogen-bond acceptors (Lipinski definition) is 7. The number of thioether (sulfide) groups is 1. The van der Waals surface area contributed by atoms with Crippen LogP contribution in [0, 0.1) is 0 Å². The lowest BCUT2D eigenvalue weighted by Crippen LogP contribution is -2.19. The molecule has 132 valence electrons. The molecular formula is C14H10ClF2N3O4S. The fraction of sp³-hybridized carbons (Fsp3) is 0.143. The first kappa shape index (κ1) is 18.9. The van der Waals surface area contributed by atoms with Crippen LogP contribution in [0.5, 0.6) is 5.75 Å². The van der Waals surface area contributed by atoms with Crippen molar-refractivity contribution in [2.24, 2.45) is 10.2 Å². The summed E-state index contributed by atoms with van der Waals surface area (Å²) in [5.74, 6) is -1.35. The number of benzene rings is 1. The summed E-state index contributed by atoms with van der Waals surface area (Å²) in [5.41, 5.74) is 0.178. The second-order valence-corrected chi connectivity index (χ2v) is 5.77. The first-order valence-electron chi connectivity index (χ1n) is 6.53. The van der Waals surface area contributed by atoms with E-state index < -0.39 is 18.5 Å². The van der Waals surface area contributed by atoms with Gasteiger partial charge in [-0.3, -0.25) is 10.1 Å². The van der Waals surface area contributed by atoms with Gasteiger partial charge in [0.1, 0.15) is 5.75 Å². The molecule has 1 heterocycles. The summed E-state index contributed by atoms with van der Waals surface area (Å²) >= 11 is 6.68. The van der Waals surface area contributed by atoms with Crippen LogP contribution in [-0.2, 0) is 14.3 Å². The van der Waals surface area contributed by atoms with Crippen LogP contribution < -0.4 is 10.1 Å². The van der Waals surface area contributed by atoms with Crippen molar-refractivity contribution in [3.8, 4) is 5.75 Å². The molecule has 1 aromatic carbocycles. The minimum atomic E-state index is -3.00. The molecule has 0 unspecified atom stereocenters. The fourth-order valence-electron chi connectivity index (χ4n) is 1.61. The van der Waals surface area contributed by atoms with E-state index in [9.17, 15) is 18.4 Å². The molecule has 0 aliphatic carbocycles. The third-order valence-corrected chi connectivity index (χ3v) is 3.77. The van der Waals surface area contributed by atoms with Crippen molar-refractivity contribution in [3.05, 3.63) is 39.8 Å². The summed E-state index contributed by atoms with van der Waals surface area (Å²) in [6.07, 6.45) is 2.16. The van der Waals surface area contributed by atoms with Gasteiger partial charge in [-0.15, -0.1) is 5.10 Å². The zero-order valence-electron chi connectivity index (χ0n) is 12.5. The maximum atomic E-state index is 12.4. The summed E-state index contributed by atoms with van der Waals surface area (Å²) < 4.78 is 33.5. The molecule has 0 radical (unpaired) electrons. The normalized spacial score (nSPS) is 17.6. The lowest BCUT2D eigenvalue weighted by atomic mass is 10.2. The van der Waals surface area contributed by atoms with Gasteiger partial charge in [-0.1, -0.05) is 11.6 Å². The summed E-state index contributed by atoms with van der Waals surface area (Å²) in [6.45, 7) is -3.00. The Labute approximate surface area is 149 Å². The standard InChI is InChI=1S/C14H10ClF2N3O4S/c1-23-11(21)5-10-12(22)19-14(25-10)20-18-6-7-4-8(15)2-3-9(7)24-13(16)17/h2-6,13H,1H3,(H,19,20,22)/b10-5+,18-6?. The predicted octanol–water partition coefficient (Wildman–Crippen LogP) is 2.55. The van der Waals surface area contributed by atoms with E-state index in [1.54, 1.807) is 0 Å². The molecule has 25 heavy (non-hydrogen) atoms. The number of halogens is 3. The van der Waals surface area contributed by atoms with E-state index in [0.29, 0.717) is 5.02 Å². The van der Waals surface area contributed by atoms with Crippen LogP contribution in [0.15, 0.2) is 39.4 Å². The van der Waals surface area contributed by atoms with Crippen LogP contribution in [0.4, 0.5) is 8.78 Å². The first-order chi connectivity index (χ1) is 11.9. The predicted molar refractivity (Wildman–Crippen MR) is 88.9 cm³/mol. The van der Waals surface area contributed by atoms with E-state index in [-0.39, 0.29) is 21.4 Å². The summed E-state index contributed by atoms with van der Waals surface area (Å²) in [6, 6.07) is 4.03. The van der Waals surface area contributed by atoms with Gasteiger partial charge in [0, 0.05) is 16.7 Å². The SMILES string of the molecule is COC(=O)/C=C1/S/C(=N\N=Cc2cc(Cl)ccc2OC(F)F)NC1=O. The Morgan fingerprint density at radius 3 is 2.88 bits per heavy atom. The number of ether oxygens (including phenoxy) is 2. The highest BCUT2D eigenvalue weighted by atomic mass is 35.5. The number of rotatable bonds is 5. The van der Waals surface area contributed by atoms with E-state index in [4.69, 9.17) is 11.6 Å². The van der Waals surface area contributed by atoms with E-state index in [2.05, 4.69) is 25.0 Å². The molecule has 7 nitrogen and oxygen atoms in total. The number of amidine groups is 1. The zero-order chi connectivity index (χ0) is 18.4. The fourth-order valence-corrected chi connectivity index (χ4v) is 2.53. The van der Waals surface area contributed by atoms with Gasteiger partial charge in [-0.2, -0.15) is 13.9 Å². The average molecular weight is 390 g/mol. The van der Waals surface area contributed by atoms with Crippen molar-refractivity contribution < 1.29 is 27.8 Å². The number of methoxy groups -OCH3 is 1. The second kappa shape index (κ2) is 8.58. The molecule has 0 saturated carbocycles. The van der Waals surface area contributed by atoms with E-state index in [1.807, 2.05) is 0 Å². The number of alkyl halides is 2. The van der Waals surface area contributed by atoms with Crippen LogP contribution >= 0.6 is 23.4 Å². The molecule has 0 aromatic heterocycles. The molecule has 1 fully saturated rings. The number of hydrogen-bond donors (Lipinski definition) is 1. The highest BCUT2D eigenvalue weighted by Gasteiger charge is 2.25. The third-order valence-electron chi connectivity index (χ3n) is 2.63. The van der Waals surface area contributed by atoms with Crippen molar-refractivity contribution in [2.75, 3.05) is 7.11 Å². The molecule has 2 rings (SSSR count). The summed E-state index contributed by atoms with van der Waals surface area (Å²) in [4.78, 5) is 22.8. The molecule has 1 N–H and O–H groups in total. The Morgan fingerprint density at radius 1 is 1.44 bits per heavy atom. The zero-order valence-corrected chi connectivity index (χ0v) is 14.1. The topological polar surface area (TPSA) is 89.3 Å². The maximum Gasteiger partial charge on any atom is 0.387 e. The van der Waals surface area contributed by atoms with Gasteiger partial charge in [0.05, 0.1) is 18.2 Å². The molecule has 1 amide bonds. The van der Waals surface area contributed by atoms with Gasteiger partial charge < -0.3 is 9.47 Å². The van der Waals surface area contributed by atoms with Crippen molar-refractivity contribution in [3.63, 3.8) is 0 Å². The maximum absolute atomic E-state index is 12.4. The molecule has 1 aliphatic heterocycles. The Bertz CT molecular complexity index is 783. The molecule has 1 aromatic rings. The van der Waals surface area contributed by atoms with Crippen molar-refractivity contribution in [1.82, 2.24) is 5.32 Å². The van der Waals surface area contributed by atoms with Gasteiger partial charge in [0.25, 0.3) is 5.91 Å². The van der Waals surface area contributed by atoms with E-state index in [0.717, 1.165) is 24.1 Å². The monoisotopic (exact) mass is 389 g/mol. The van der Waals surface area contributed by atoms with Crippen LogP contribution in [0.25, 0.3) is 0 Å². The highest BCUT2D eigenvalue weighted by molar-refractivity contribution is 8.18. The van der Waals surface area contributed by atoms with Crippen LogP contribution in [0.1, 0.15) is 5.56 Å². The largest absolute Gasteiger partial charge is 0.466 e. The van der Waals surface area contributed by atoms with E-state index in [1.165, 1.54) is 25.3 Å². The second-order valence-electron chi connectivity index (χ2n) is 4.30. The van der Waals surface area contributed by atoms with Gasteiger partial charge in [-0.25, -0.2) is 4.79 Å². The minimum Gasteiger partial charge on any atom is -0.466 e. The van der Waals surface area contributed by atoms with Gasteiger partial charge in [-0.05, 0) is 30.0 Å². The lowest BCUT2D eigenvalue weighted by Gasteiger charge is -2.07. The number of nitrogens with one attached hydrogen (secondary N) is 1. The number of carbonyl (C=O) groups is 2. The molecular weight excluding hydrogens is 380 g/mol. The number of amides is 1. The molecule has 0 bridgehead atoms. The molecule has 0 spiro atoms. The Kier molecular flexibility index (Phi) is 6.48. The first-order valence-corrected chi connectivity index (χ1v) is 7.72. The molecule has 11 heteroatoms. The highest BCUT2D eigenvalue weighted by Crippen LogP contribution is 2.25. The molecule has 0 atom stereocenters. The van der Waals surface area contributed by atoms with Crippen LogP contribution in [-0.4, -0.2) is 37.0 Å². The lowest BCUT2D eigenvalue weighted by molar-refractivity contribution is -0.135. The molecule has 1 aliphatic rings. The van der Waals surface area contributed by atoms with Gasteiger partial charge in [0.2, 0.25) is 0 Å². The van der Waals surface area contributed by atoms with E-state index >= 15 is 0 Å². The minimum absolute atomic E-state index is 0.0882. The van der Waals surface area contributed by atoms with Crippen molar-refractivity contribution in [1.29, 1.82) is 0 Å². The smallest absolute Gasteiger partial charge is 0.387 e. The molecule has 1 saturated heterocycles. The van der Waals surface area contributed by atoms with Crippen LogP contribution in [0.2, 0.25) is 5.02 Å². The Balaban J connectivity index is 2.14. The quantitative estimate of drug-likeness (QED) is 0.362. The Morgan fingerprint density at radius 2 is 2.20 bits per heavy atom. The average Bonchev–Trinajstić information content (AvgIpc) is 2.89. The third kappa shape index (κ3) is 5.54. The van der Waals surface area contributed by atoms with Crippen molar-refractivity contribution >= 4 is 46.6 Å². The Hall–Kier alpha value is -2.46. The number of esters is 1. The van der Waals surface area contributed by atoms with Crippen molar-refractivity contribution in [2.45, 2.75) is 6.61 Å². The number of nitrogens with zero attached hydrogens (tertiary/aromatic N) is 2. The summed E-state index contributed by atoms with van der Waals surface area (Å²) in [5, 5.41) is 10.2. The number of carbonyl (C=O) groups excluding carboxylic acids is 2. The van der Waals surface area contributed by atoms with Gasteiger partial charge in [0.15, 0.2) is 5.17 Å².